The fourth-order valence-electron chi connectivity index (χ4n) is 4.19. The molecule has 3 aromatic carbocycles. The van der Waals surface area contributed by atoms with Gasteiger partial charge in [-0.1, -0.05) is 97.4 Å². The molecule has 0 atom stereocenters. The number of carbonyl (C=O) groups is 1. The van der Waals surface area contributed by atoms with E-state index in [0.29, 0.717) is 18.0 Å². The van der Waals surface area contributed by atoms with Crippen LogP contribution in [0.4, 0.5) is 5.13 Å². The quantitative estimate of drug-likeness (QED) is 0.243. The largest absolute Gasteiger partial charge is 0.302 e. The molecule has 0 N–H and O–H groups in total. The van der Waals surface area contributed by atoms with Crippen LogP contribution in [0.25, 0.3) is 10.2 Å². The number of hydrogen-bond acceptors (Lipinski definition) is 4. The molecule has 4 nitrogen and oxygen atoms in total. The van der Waals surface area contributed by atoms with E-state index in [4.69, 9.17) is 16.6 Å². The first-order valence-corrected chi connectivity index (χ1v) is 13.0. The van der Waals surface area contributed by atoms with Crippen LogP contribution >= 0.6 is 22.9 Å². The third-order valence-electron chi connectivity index (χ3n) is 6.19. The van der Waals surface area contributed by atoms with Crippen molar-refractivity contribution in [2.45, 2.75) is 26.2 Å². The van der Waals surface area contributed by atoms with Crippen molar-refractivity contribution in [2.24, 2.45) is 0 Å². The Morgan fingerprint density at radius 1 is 0.912 bits per heavy atom. The zero-order chi connectivity index (χ0) is 23.9. The standard InChI is InChI=1S/C28H30ClN3OS/c1-3-31(4-2)17-18-32(28-30-25-16-15-23(29)19-26(25)34-28)27(33)20-24(21-11-7-5-8-12-21)22-13-9-6-10-14-22/h5-16,19,24H,3-4,17-18,20H2,1-2H3. The van der Waals surface area contributed by atoms with E-state index < -0.39 is 0 Å². The summed E-state index contributed by atoms with van der Waals surface area (Å²) in [7, 11) is 0. The predicted octanol–water partition coefficient (Wildman–Crippen LogP) is 6.85. The predicted molar refractivity (Wildman–Crippen MR) is 144 cm³/mol. The first kappa shape index (κ1) is 24.4. The molecule has 0 aliphatic carbocycles. The molecule has 4 aromatic rings. The number of halogens is 1. The first-order chi connectivity index (χ1) is 16.6. The maximum Gasteiger partial charge on any atom is 0.229 e. The van der Waals surface area contributed by atoms with Gasteiger partial charge in [-0.2, -0.15) is 0 Å². The van der Waals surface area contributed by atoms with Gasteiger partial charge in [-0.15, -0.1) is 0 Å². The molecule has 0 fully saturated rings. The van der Waals surface area contributed by atoms with Crippen LogP contribution in [0.5, 0.6) is 0 Å². The molecule has 0 aliphatic rings. The van der Waals surface area contributed by atoms with Gasteiger partial charge in [0.15, 0.2) is 5.13 Å². The highest BCUT2D eigenvalue weighted by Crippen LogP contribution is 2.33. The molecule has 34 heavy (non-hydrogen) atoms. The van der Waals surface area contributed by atoms with Crippen LogP contribution in [0.15, 0.2) is 78.9 Å². The zero-order valence-corrected chi connectivity index (χ0v) is 21.2. The number of benzene rings is 3. The Hall–Kier alpha value is -2.73. The second-order valence-electron chi connectivity index (χ2n) is 8.26. The van der Waals surface area contributed by atoms with Gasteiger partial charge in [-0.25, -0.2) is 4.98 Å². The van der Waals surface area contributed by atoms with E-state index >= 15 is 0 Å². The number of likely N-dealkylation sites (N-methyl/N-ethyl adjacent to an activating group) is 1. The fraction of sp³-hybridized carbons (Fsp3) is 0.286. The average molecular weight is 492 g/mol. The monoisotopic (exact) mass is 491 g/mol. The van der Waals surface area contributed by atoms with Crippen molar-refractivity contribution >= 4 is 44.2 Å². The van der Waals surface area contributed by atoms with Crippen molar-refractivity contribution in [1.29, 1.82) is 0 Å². The summed E-state index contributed by atoms with van der Waals surface area (Å²) in [6, 6.07) is 26.2. The smallest absolute Gasteiger partial charge is 0.229 e. The van der Waals surface area contributed by atoms with Crippen molar-refractivity contribution in [1.82, 2.24) is 9.88 Å². The molecular formula is C28H30ClN3OS. The minimum atomic E-state index is -0.0188. The number of rotatable bonds is 10. The Morgan fingerprint density at radius 2 is 1.53 bits per heavy atom. The number of anilines is 1. The summed E-state index contributed by atoms with van der Waals surface area (Å²) >= 11 is 7.73. The minimum Gasteiger partial charge on any atom is -0.302 e. The van der Waals surface area contributed by atoms with Gasteiger partial charge in [0.2, 0.25) is 5.91 Å². The summed E-state index contributed by atoms with van der Waals surface area (Å²) < 4.78 is 0.991. The second kappa shape index (κ2) is 11.6. The third-order valence-corrected chi connectivity index (χ3v) is 7.46. The maximum absolute atomic E-state index is 13.9. The molecule has 0 bridgehead atoms. The zero-order valence-electron chi connectivity index (χ0n) is 19.7. The number of fused-ring (bicyclic) bond motifs is 1. The molecule has 4 rings (SSSR count). The number of nitrogens with zero attached hydrogens (tertiary/aromatic N) is 3. The van der Waals surface area contributed by atoms with Gasteiger partial charge < -0.3 is 4.90 Å². The Kier molecular flexibility index (Phi) is 8.33. The molecule has 0 saturated carbocycles. The lowest BCUT2D eigenvalue weighted by Gasteiger charge is -2.26. The molecule has 0 radical (unpaired) electrons. The van der Waals surface area contributed by atoms with Crippen LogP contribution in [0.1, 0.15) is 37.3 Å². The Bertz CT molecular complexity index is 1170. The van der Waals surface area contributed by atoms with Gasteiger partial charge in [0.1, 0.15) is 0 Å². The molecule has 1 heterocycles. The number of aromatic nitrogens is 1. The van der Waals surface area contributed by atoms with E-state index in [2.05, 4.69) is 43.0 Å². The summed E-state index contributed by atoms with van der Waals surface area (Å²) in [6.07, 6.45) is 0.378. The Balaban J connectivity index is 1.66. The van der Waals surface area contributed by atoms with Crippen molar-refractivity contribution < 1.29 is 4.79 Å². The molecule has 1 amide bonds. The Labute approximate surface area is 210 Å². The molecule has 0 aliphatic heterocycles. The van der Waals surface area contributed by atoms with E-state index in [-0.39, 0.29) is 11.8 Å². The van der Waals surface area contributed by atoms with E-state index in [1.54, 1.807) is 0 Å². The van der Waals surface area contributed by atoms with Crippen LogP contribution < -0.4 is 4.90 Å². The van der Waals surface area contributed by atoms with Crippen LogP contribution in [-0.2, 0) is 4.79 Å². The molecule has 0 saturated heterocycles. The first-order valence-electron chi connectivity index (χ1n) is 11.8. The summed E-state index contributed by atoms with van der Waals surface area (Å²) in [6.45, 7) is 7.60. The molecule has 1 aromatic heterocycles. The fourth-order valence-corrected chi connectivity index (χ4v) is 5.48. The normalized spacial score (nSPS) is 11.4. The lowest BCUT2D eigenvalue weighted by atomic mass is 9.88. The lowest BCUT2D eigenvalue weighted by Crippen LogP contribution is -2.39. The Morgan fingerprint density at radius 3 is 2.12 bits per heavy atom. The van der Waals surface area contributed by atoms with E-state index in [1.165, 1.54) is 11.3 Å². The molecular weight excluding hydrogens is 462 g/mol. The van der Waals surface area contributed by atoms with Crippen LogP contribution in [0.2, 0.25) is 5.02 Å². The van der Waals surface area contributed by atoms with Gasteiger partial charge in [-0.05, 0) is 42.4 Å². The highest BCUT2D eigenvalue weighted by atomic mass is 35.5. The highest BCUT2D eigenvalue weighted by Gasteiger charge is 2.25. The van der Waals surface area contributed by atoms with Crippen molar-refractivity contribution in [3.8, 4) is 0 Å². The van der Waals surface area contributed by atoms with Crippen molar-refractivity contribution in [3.05, 3.63) is 95.0 Å². The topological polar surface area (TPSA) is 36.4 Å². The van der Waals surface area contributed by atoms with Crippen molar-refractivity contribution in [3.63, 3.8) is 0 Å². The molecule has 0 unspecified atom stereocenters. The number of carbonyl (C=O) groups excluding carboxylic acids is 1. The number of hydrogen-bond donors (Lipinski definition) is 0. The van der Waals surface area contributed by atoms with Crippen molar-refractivity contribution in [2.75, 3.05) is 31.1 Å². The molecule has 176 valence electrons. The maximum atomic E-state index is 13.9. The third kappa shape index (κ3) is 5.84. The molecule has 6 heteroatoms. The average Bonchev–Trinajstić information content (AvgIpc) is 3.29. The molecule has 0 spiro atoms. The van der Waals surface area contributed by atoms with Gasteiger partial charge in [0.05, 0.1) is 10.2 Å². The number of amides is 1. The van der Waals surface area contributed by atoms with Crippen LogP contribution in [-0.4, -0.2) is 42.0 Å². The number of thiazole rings is 1. The minimum absolute atomic E-state index is 0.0188. The van der Waals surface area contributed by atoms with E-state index in [1.807, 2.05) is 59.5 Å². The van der Waals surface area contributed by atoms with Gasteiger partial charge >= 0.3 is 0 Å². The summed E-state index contributed by atoms with van der Waals surface area (Å²) in [4.78, 5) is 22.9. The van der Waals surface area contributed by atoms with E-state index in [9.17, 15) is 4.79 Å². The summed E-state index contributed by atoms with van der Waals surface area (Å²) in [5, 5.41) is 1.41. The van der Waals surface area contributed by atoms with Gasteiger partial charge in [-0.3, -0.25) is 9.69 Å². The highest BCUT2D eigenvalue weighted by molar-refractivity contribution is 7.22. The van der Waals surface area contributed by atoms with Gasteiger partial charge in [0, 0.05) is 30.5 Å². The van der Waals surface area contributed by atoms with E-state index in [0.717, 1.165) is 46.1 Å². The van der Waals surface area contributed by atoms with Gasteiger partial charge in [0.25, 0.3) is 0 Å². The van der Waals surface area contributed by atoms with Crippen LogP contribution in [0.3, 0.4) is 0 Å². The second-order valence-corrected chi connectivity index (χ2v) is 9.70. The summed E-state index contributed by atoms with van der Waals surface area (Å²) in [5.74, 6) is 0.0599. The van der Waals surface area contributed by atoms with Crippen LogP contribution in [0, 0.1) is 0 Å². The SMILES string of the molecule is CCN(CC)CCN(C(=O)CC(c1ccccc1)c1ccccc1)c1nc2ccc(Cl)cc2s1. The summed E-state index contributed by atoms with van der Waals surface area (Å²) in [5.41, 5.74) is 3.15. The lowest BCUT2D eigenvalue weighted by molar-refractivity contribution is -0.118.